The third-order valence-corrected chi connectivity index (χ3v) is 5.54. The van der Waals surface area contributed by atoms with Crippen LogP contribution in [0.15, 0.2) is 12.3 Å². The maximum absolute atomic E-state index is 12.3. The van der Waals surface area contributed by atoms with Crippen LogP contribution in [-0.2, 0) is 18.3 Å². The number of carbonyl (C=O) groups is 1. The van der Waals surface area contributed by atoms with E-state index in [2.05, 4.69) is 20.5 Å². The summed E-state index contributed by atoms with van der Waals surface area (Å²) in [6.07, 6.45) is 2.41. The van der Waals surface area contributed by atoms with Crippen LogP contribution in [0.1, 0.15) is 23.6 Å². The lowest BCUT2D eigenvalue weighted by atomic mass is 9.95. The van der Waals surface area contributed by atoms with E-state index in [1.165, 1.54) is 4.80 Å². The minimum absolute atomic E-state index is 0.0286. The number of amides is 1. The van der Waals surface area contributed by atoms with Crippen LogP contribution in [0.4, 0.5) is 0 Å². The van der Waals surface area contributed by atoms with Crippen molar-refractivity contribution in [2.75, 3.05) is 13.2 Å². The summed E-state index contributed by atoms with van der Waals surface area (Å²) in [6, 6.07) is 1.76. The lowest BCUT2D eigenvalue weighted by molar-refractivity contribution is -0.120. The predicted molar refractivity (Wildman–Crippen MR) is 99.5 cm³/mol. The molecule has 0 saturated heterocycles. The van der Waals surface area contributed by atoms with Crippen molar-refractivity contribution in [3.8, 4) is 11.3 Å². The van der Waals surface area contributed by atoms with E-state index in [9.17, 15) is 9.90 Å². The second kappa shape index (κ2) is 6.57. The number of hydrogen-bond acceptors (Lipinski definition) is 4. The summed E-state index contributed by atoms with van der Waals surface area (Å²) in [4.78, 5) is 17.1. The molecule has 2 aromatic heterocycles. The van der Waals surface area contributed by atoms with E-state index in [-0.39, 0.29) is 24.9 Å². The molecular formula is C17H17Cl2N5O2. The van der Waals surface area contributed by atoms with Crippen LogP contribution < -0.4 is 5.32 Å². The molecule has 0 spiro atoms. The van der Waals surface area contributed by atoms with Gasteiger partial charge in [-0.1, -0.05) is 23.2 Å². The molecule has 26 heavy (non-hydrogen) atoms. The summed E-state index contributed by atoms with van der Waals surface area (Å²) in [5.41, 5.74) is 3.88. The SMILES string of the molecule is Cn1ncc(-c2cc(Cl)c(Cl)c3[nH]c4c(c23)CC(=O)NC[C@@H]4CCO)n1. The maximum atomic E-state index is 12.3. The summed E-state index contributed by atoms with van der Waals surface area (Å²) in [5.74, 6) is -0.0952. The quantitative estimate of drug-likeness (QED) is 0.636. The van der Waals surface area contributed by atoms with Gasteiger partial charge in [0.25, 0.3) is 0 Å². The van der Waals surface area contributed by atoms with Crippen LogP contribution in [0.2, 0.25) is 10.0 Å². The largest absolute Gasteiger partial charge is 0.396 e. The first-order valence-corrected chi connectivity index (χ1v) is 9.02. The first kappa shape index (κ1) is 17.3. The van der Waals surface area contributed by atoms with E-state index in [0.29, 0.717) is 34.2 Å². The Balaban J connectivity index is 2.05. The van der Waals surface area contributed by atoms with Crippen LogP contribution >= 0.6 is 23.2 Å². The van der Waals surface area contributed by atoms with Gasteiger partial charge in [0.05, 0.1) is 28.2 Å². The number of fused-ring (bicyclic) bond motifs is 3. The van der Waals surface area contributed by atoms with Gasteiger partial charge < -0.3 is 15.4 Å². The molecule has 136 valence electrons. The fraction of sp³-hybridized carbons (Fsp3) is 0.353. The van der Waals surface area contributed by atoms with Gasteiger partial charge in [0.1, 0.15) is 5.69 Å². The van der Waals surface area contributed by atoms with E-state index in [1.54, 1.807) is 19.3 Å². The Hall–Kier alpha value is -2.09. The zero-order chi connectivity index (χ0) is 18.4. The smallest absolute Gasteiger partial charge is 0.224 e. The summed E-state index contributed by atoms with van der Waals surface area (Å²) in [7, 11) is 1.74. The highest BCUT2D eigenvalue weighted by molar-refractivity contribution is 6.45. The second-order valence-corrected chi connectivity index (χ2v) is 7.18. The molecule has 1 aromatic carbocycles. The van der Waals surface area contributed by atoms with Crippen molar-refractivity contribution >= 4 is 40.0 Å². The van der Waals surface area contributed by atoms with Gasteiger partial charge in [-0.15, -0.1) is 0 Å². The van der Waals surface area contributed by atoms with Gasteiger partial charge in [-0.25, -0.2) is 0 Å². The average molecular weight is 394 g/mol. The van der Waals surface area contributed by atoms with Gasteiger partial charge in [-0.3, -0.25) is 4.79 Å². The molecule has 9 heteroatoms. The molecule has 1 atom stereocenters. The Morgan fingerprint density at radius 2 is 2.23 bits per heavy atom. The first-order valence-electron chi connectivity index (χ1n) is 8.26. The number of halogens is 2. The molecule has 1 amide bonds. The molecule has 3 heterocycles. The van der Waals surface area contributed by atoms with E-state index < -0.39 is 0 Å². The van der Waals surface area contributed by atoms with Gasteiger partial charge in [-0.2, -0.15) is 15.0 Å². The van der Waals surface area contributed by atoms with Crippen LogP contribution in [-0.4, -0.2) is 44.1 Å². The van der Waals surface area contributed by atoms with Crippen molar-refractivity contribution in [1.29, 1.82) is 0 Å². The van der Waals surface area contributed by atoms with E-state index >= 15 is 0 Å². The molecule has 1 aliphatic heterocycles. The number of nitrogens with zero attached hydrogens (tertiary/aromatic N) is 3. The number of carbonyl (C=O) groups excluding carboxylic acids is 1. The fourth-order valence-corrected chi connectivity index (χ4v) is 3.97. The number of H-pyrrole nitrogens is 1. The Morgan fingerprint density at radius 1 is 1.42 bits per heavy atom. The van der Waals surface area contributed by atoms with E-state index in [4.69, 9.17) is 23.2 Å². The average Bonchev–Trinajstić information content (AvgIpc) is 3.16. The number of rotatable bonds is 3. The van der Waals surface area contributed by atoms with Gasteiger partial charge in [0.15, 0.2) is 0 Å². The number of nitrogens with one attached hydrogen (secondary N) is 2. The van der Waals surface area contributed by atoms with Crippen molar-refractivity contribution < 1.29 is 9.90 Å². The molecule has 1 aliphatic rings. The maximum Gasteiger partial charge on any atom is 0.224 e. The van der Waals surface area contributed by atoms with Crippen molar-refractivity contribution in [1.82, 2.24) is 25.3 Å². The number of aliphatic hydroxyl groups is 1. The van der Waals surface area contributed by atoms with Crippen LogP contribution in [0.3, 0.4) is 0 Å². The molecule has 3 N–H and O–H groups in total. The standard InChI is InChI=1S/C17H17Cl2N5O2/c1-24-21-7-12(23-24)9-4-11(18)15(19)17-14(9)10-5-13(26)20-6-8(2-3-25)16(10)22-17/h4,7-8,22,25H,2-3,5-6H2,1H3,(H,20,26)/t8-/m0/s1. The molecule has 0 bridgehead atoms. The van der Waals surface area contributed by atoms with E-state index in [1.807, 2.05) is 0 Å². The fourth-order valence-electron chi connectivity index (χ4n) is 3.57. The van der Waals surface area contributed by atoms with Crippen LogP contribution in [0.25, 0.3) is 22.2 Å². The molecular weight excluding hydrogens is 377 g/mol. The van der Waals surface area contributed by atoms with Gasteiger partial charge in [0.2, 0.25) is 5.91 Å². The number of aromatic nitrogens is 4. The summed E-state index contributed by atoms with van der Waals surface area (Å²) in [6.45, 7) is 0.492. The number of hydrogen-bond donors (Lipinski definition) is 3. The lowest BCUT2D eigenvalue weighted by Gasteiger charge is -2.13. The number of benzene rings is 1. The van der Waals surface area contributed by atoms with Crippen LogP contribution in [0.5, 0.6) is 0 Å². The summed E-state index contributed by atoms with van der Waals surface area (Å²) in [5, 5.41) is 22.5. The molecule has 7 nitrogen and oxygen atoms in total. The van der Waals surface area contributed by atoms with Gasteiger partial charge in [-0.05, 0) is 18.1 Å². The minimum Gasteiger partial charge on any atom is -0.396 e. The number of aryl methyl sites for hydroxylation is 1. The number of aliphatic hydroxyl groups excluding tert-OH is 1. The highest BCUT2D eigenvalue weighted by atomic mass is 35.5. The molecule has 3 aromatic rings. The molecule has 4 rings (SSSR count). The minimum atomic E-state index is -0.0660. The molecule has 0 aliphatic carbocycles. The zero-order valence-electron chi connectivity index (χ0n) is 14.0. The van der Waals surface area contributed by atoms with Crippen molar-refractivity contribution in [2.24, 2.45) is 7.05 Å². The molecule has 0 fully saturated rings. The lowest BCUT2D eigenvalue weighted by Crippen LogP contribution is -2.26. The van der Waals surface area contributed by atoms with Crippen LogP contribution in [0, 0.1) is 0 Å². The summed E-state index contributed by atoms with van der Waals surface area (Å²) < 4.78 is 0. The summed E-state index contributed by atoms with van der Waals surface area (Å²) >= 11 is 12.8. The Kier molecular flexibility index (Phi) is 4.38. The van der Waals surface area contributed by atoms with Crippen molar-refractivity contribution in [3.05, 3.63) is 33.6 Å². The van der Waals surface area contributed by atoms with Crippen molar-refractivity contribution in [3.63, 3.8) is 0 Å². The normalized spacial score (nSPS) is 17.2. The Labute approximate surface area is 159 Å². The highest BCUT2D eigenvalue weighted by Gasteiger charge is 2.29. The monoisotopic (exact) mass is 393 g/mol. The van der Waals surface area contributed by atoms with Gasteiger partial charge in [0, 0.05) is 42.8 Å². The molecule has 0 saturated carbocycles. The Bertz CT molecular complexity index is 1010. The zero-order valence-corrected chi connectivity index (χ0v) is 15.5. The predicted octanol–water partition coefficient (Wildman–Crippen LogP) is 2.41. The van der Waals surface area contributed by atoms with Gasteiger partial charge >= 0.3 is 0 Å². The Morgan fingerprint density at radius 3 is 2.92 bits per heavy atom. The number of aromatic amines is 1. The third kappa shape index (κ3) is 2.76. The molecule has 0 unspecified atom stereocenters. The molecule has 0 radical (unpaired) electrons. The van der Waals surface area contributed by atoms with Crippen molar-refractivity contribution in [2.45, 2.75) is 18.8 Å². The topological polar surface area (TPSA) is 95.8 Å². The highest BCUT2D eigenvalue weighted by Crippen LogP contribution is 2.42. The van der Waals surface area contributed by atoms with E-state index in [0.717, 1.165) is 22.2 Å². The third-order valence-electron chi connectivity index (χ3n) is 4.75. The first-order chi connectivity index (χ1) is 12.5. The second-order valence-electron chi connectivity index (χ2n) is 6.40.